The van der Waals surface area contributed by atoms with Gasteiger partial charge in [-0.25, -0.2) is 4.98 Å². The lowest BCUT2D eigenvalue weighted by molar-refractivity contribution is -0.140. The van der Waals surface area contributed by atoms with Crippen LogP contribution in [0.15, 0.2) is 6.33 Å². The average molecular weight is 212 g/mol. The molecular weight excluding hydrogens is 200 g/mol. The van der Waals surface area contributed by atoms with Gasteiger partial charge in [0.2, 0.25) is 0 Å². The summed E-state index contributed by atoms with van der Waals surface area (Å²) in [6.45, 7) is 0. The first kappa shape index (κ1) is 9.58. The summed E-state index contributed by atoms with van der Waals surface area (Å²) < 4.78 is 3.86. The number of carboxylic acid groups (broad SMARTS) is 1. The second kappa shape index (κ2) is 4.04. The first-order valence-electron chi connectivity index (χ1n) is 4.78. The normalized spacial score (nSPS) is 19.7. The van der Waals surface area contributed by atoms with E-state index in [1.54, 1.807) is 0 Å². The highest BCUT2D eigenvalue weighted by atomic mass is 32.1. The Morgan fingerprint density at radius 2 is 2.29 bits per heavy atom. The quantitative estimate of drug-likeness (QED) is 0.831. The van der Waals surface area contributed by atoms with Crippen molar-refractivity contribution in [2.75, 3.05) is 0 Å². The smallest absolute Gasteiger partial charge is 0.313 e. The summed E-state index contributed by atoms with van der Waals surface area (Å²) in [5.74, 6) is -0.918. The van der Waals surface area contributed by atoms with Gasteiger partial charge in [-0.05, 0) is 30.3 Å². The van der Waals surface area contributed by atoms with Gasteiger partial charge >= 0.3 is 5.97 Å². The Kier molecular flexibility index (Phi) is 2.77. The third kappa shape index (κ3) is 1.77. The average Bonchev–Trinajstić information content (AvgIpc) is 2.75. The minimum atomic E-state index is -0.756. The molecule has 1 aliphatic carbocycles. The number of carboxylic acids is 1. The van der Waals surface area contributed by atoms with Crippen LogP contribution in [-0.4, -0.2) is 20.4 Å². The largest absolute Gasteiger partial charge is 0.481 e. The van der Waals surface area contributed by atoms with Gasteiger partial charge in [-0.1, -0.05) is 12.8 Å². The molecule has 0 aromatic carbocycles. The molecule has 1 fully saturated rings. The van der Waals surface area contributed by atoms with Crippen molar-refractivity contribution in [3.8, 4) is 0 Å². The number of nitrogens with zero attached hydrogens (tertiary/aromatic N) is 2. The zero-order chi connectivity index (χ0) is 9.97. The molecule has 1 heterocycles. The molecule has 0 aliphatic heterocycles. The Bertz CT molecular complexity index is 307. The van der Waals surface area contributed by atoms with Crippen LogP contribution in [0.5, 0.6) is 0 Å². The summed E-state index contributed by atoms with van der Waals surface area (Å²) in [5.41, 5.74) is 0. The van der Waals surface area contributed by atoms with E-state index in [1.807, 2.05) is 0 Å². The van der Waals surface area contributed by atoms with Gasteiger partial charge in [-0.3, -0.25) is 4.79 Å². The topological polar surface area (TPSA) is 63.1 Å². The van der Waals surface area contributed by atoms with E-state index in [4.69, 9.17) is 5.11 Å². The van der Waals surface area contributed by atoms with Gasteiger partial charge in [-0.2, -0.15) is 4.37 Å². The Balaban J connectivity index is 2.19. The van der Waals surface area contributed by atoms with E-state index in [2.05, 4.69) is 9.36 Å². The van der Waals surface area contributed by atoms with Crippen LogP contribution in [0, 0.1) is 5.92 Å². The Morgan fingerprint density at radius 3 is 2.79 bits per heavy atom. The lowest BCUT2D eigenvalue weighted by atomic mass is 9.91. The zero-order valence-electron chi connectivity index (χ0n) is 7.72. The summed E-state index contributed by atoms with van der Waals surface area (Å²) in [7, 11) is 0. The molecule has 0 radical (unpaired) electrons. The molecular formula is C9H12N2O2S. The maximum Gasteiger partial charge on any atom is 0.313 e. The molecule has 0 spiro atoms. The van der Waals surface area contributed by atoms with E-state index < -0.39 is 11.9 Å². The molecule has 1 N–H and O–H groups in total. The van der Waals surface area contributed by atoms with Gasteiger partial charge in [0.1, 0.15) is 17.3 Å². The highest BCUT2D eigenvalue weighted by Gasteiger charge is 2.33. The van der Waals surface area contributed by atoms with E-state index >= 15 is 0 Å². The van der Waals surface area contributed by atoms with Crippen molar-refractivity contribution in [2.45, 2.75) is 31.6 Å². The van der Waals surface area contributed by atoms with Crippen molar-refractivity contribution in [3.63, 3.8) is 0 Å². The molecule has 2 rings (SSSR count). The van der Waals surface area contributed by atoms with Gasteiger partial charge < -0.3 is 5.11 Å². The molecule has 0 amide bonds. The molecule has 1 aliphatic rings. The zero-order valence-corrected chi connectivity index (χ0v) is 8.54. The van der Waals surface area contributed by atoms with Crippen LogP contribution in [0.1, 0.15) is 36.6 Å². The highest BCUT2D eigenvalue weighted by molar-refractivity contribution is 7.05. The van der Waals surface area contributed by atoms with Crippen LogP contribution in [0.3, 0.4) is 0 Å². The maximum atomic E-state index is 11.1. The molecule has 76 valence electrons. The first-order chi connectivity index (χ1) is 6.79. The summed E-state index contributed by atoms with van der Waals surface area (Å²) >= 11 is 1.20. The third-order valence-corrected chi connectivity index (χ3v) is 3.53. The van der Waals surface area contributed by atoms with Crippen LogP contribution in [-0.2, 0) is 4.79 Å². The molecule has 1 atom stereocenters. The number of carbonyl (C=O) groups is 1. The second-order valence-corrected chi connectivity index (χ2v) is 4.45. The van der Waals surface area contributed by atoms with Crippen LogP contribution >= 0.6 is 11.5 Å². The van der Waals surface area contributed by atoms with Crippen LogP contribution in [0.2, 0.25) is 0 Å². The van der Waals surface area contributed by atoms with E-state index in [0.717, 1.165) is 25.7 Å². The van der Waals surface area contributed by atoms with E-state index in [0.29, 0.717) is 5.01 Å². The second-order valence-electron chi connectivity index (χ2n) is 3.64. The van der Waals surface area contributed by atoms with Crippen LogP contribution < -0.4 is 0 Å². The van der Waals surface area contributed by atoms with E-state index in [-0.39, 0.29) is 5.92 Å². The molecule has 0 saturated heterocycles. The van der Waals surface area contributed by atoms with Crippen molar-refractivity contribution in [1.29, 1.82) is 0 Å². The third-order valence-electron chi connectivity index (χ3n) is 2.78. The van der Waals surface area contributed by atoms with Gasteiger partial charge in [0.05, 0.1) is 0 Å². The Morgan fingerprint density at radius 1 is 1.57 bits per heavy atom. The number of aliphatic carboxylic acids is 1. The van der Waals surface area contributed by atoms with Crippen LogP contribution in [0.25, 0.3) is 0 Å². The summed E-state index contributed by atoms with van der Waals surface area (Å²) in [4.78, 5) is 15.1. The van der Waals surface area contributed by atoms with Gasteiger partial charge in [0.25, 0.3) is 0 Å². The van der Waals surface area contributed by atoms with Crippen LogP contribution in [0.4, 0.5) is 0 Å². The minimum Gasteiger partial charge on any atom is -0.481 e. The fourth-order valence-corrected chi connectivity index (χ4v) is 2.82. The molecule has 1 aromatic rings. The van der Waals surface area contributed by atoms with Gasteiger partial charge in [-0.15, -0.1) is 0 Å². The first-order valence-corrected chi connectivity index (χ1v) is 5.56. The van der Waals surface area contributed by atoms with Crippen molar-refractivity contribution < 1.29 is 9.90 Å². The lowest BCUT2D eigenvalue weighted by Gasteiger charge is -2.15. The van der Waals surface area contributed by atoms with Crippen molar-refractivity contribution in [1.82, 2.24) is 9.36 Å². The van der Waals surface area contributed by atoms with Crippen molar-refractivity contribution in [2.24, 2.45) is 5.92 Å². The van der Waals surface area contributed by atoms with E-state index in [1.165, 1.54) is 17.9 Å². The molecule has 1 unspecified atom stereocenters. The van der Waals surface area contributed by atoms with Gasteiger partial charge in [0.15, 0.2) is 0 Å². The maximum absolute atomic E-state index is 11.1. The SMILES string of the molecule is O=C(O)C(c1ncns1)C1CCCC1. The molecule has 4 nitrogen and oxygen atoms in total. The van der Waals surface area contributed by atoms with Crippen molar-refractivity contribution in [3.05, 3.63) is 11.3 Å². The summed E-state index contributed by atoms with van der Waals surface area (Å²) in [5, 5.41) is 9.80. The van der Waals surface area contributed by atoms with E-state index in [9.17, 15) is 4.79 Å². The standard InChI is InChI=1S/C9H12N2O2S/c12-9(13)7(6-3-1-2-4-6)8-10-5-11-14-8/h5-7H,1-4H2,(H,12,13). The number of rotatable bonds is 3. The minimum absolute atomic E-state index is 0.264. The molecule has 0 bridgehead atoms. The predicted octanol–water partition coefficient (Wildman–Crippen LogP) is 1.90. The van der Waals surface area contributed by atoms with Gasteiger partial charge in [0, 0.05) is 0 Å². The monoisotopic (exact) mass is 212 g/mol. The summed E-state index contributed by atoms with van der Waals surface area (Å²) in [6, 6.07) is 0. The van der Waals surface area contributed by atoms with Crippen molar-refractivity contribution >= 4 is 17.5 Å². The molecule has 5 heteroatoms. The number of hydrogen-bond donors (Lipinski definition) is 1. The fraction of sp³-hybridized carbons (Fsp3) is 0.667. The Labute approximate surface area is 86.2 Å². The number of aromatic nitrogens is 2. The molecule has 14 heavy (non-hydrogen) atoms. The Hall–Kier alpha value is -0.970. The fourth-order valence-electron chi connectivity index (χ4n) is 2.12. The summed E-state index contributed by atoms with van der Waals surface area (Å²) in [6.07, 6.45) is 5.75. The number of hydrogen-bond acceptors (Lipinski definition) is 4. The lowest BCUT2D eigenvalue weighted by Crippen LogP contribution is -2.19. The highest BCUT2D eigenvalue weighted by Crippen LogP contribution is 2.37. The molecule has 1 aromatic heterocycles. The molecule has 1 saturated carbocycles. The predicted molar refractivity (Wildman–Crippen MR) is 52.2 cm³/mol.